The highest BCUT2D eigenvalue weighted by Crippen LogP contribution is 2.38. The molecule has 0 saturated carbocycles. The SMILES string of the molecule is CCSC1=C(c2ccc(C)cc2)C(=O)N(c2ccc(C(C)(C)C)cc2)C1=O. The lowest BCUT2D eigenvalue weighted by molar-refractivity contribution is -0.119. The molecule has 0 saturated heterocycles. The molecule has 1 aliphatic heterocycles. The molecule has 0 unspecified atom stereocenters. The summed E-state index contributed by atoms with van der Waals surface area (Å²) in [6, 6.07) is 15.5. The number of rotatable bonds is 4. The molecule has 140 valence electrons. The molecule has 0 spiro atoms. The molecule has 0 bridgehead atoms. The minimum atomic E-state index is -0.247. The number of hydrogen-bond acceptors (Lipinski definition) is 3. The Balaban J connectivity index is 2.02. The van der Waals surface area contributed by atoms with E-state index in [0.717, 1.165) is 16.9 Å². The number of nitrogens with zero attached hydrogens (tertiary/aromatic N) is 1. The summed E-state index contributed by atoms with van der Waals surface area (Å²) in [6.07, 6.45) is 0. The Morgan fingerprint density at radius 3 is 2.00 bits per heavy atom. The van der Waals surface area contributed by atoms with Gasteiger partial charge in [0.15, 0.2) is 0 Å². The second-order valence-electron chi connectivity index (χ2n) is 7.75. The zero-order valence-corrected chi connectivity index (χ0v) is 17.3. The number of hydrogen-bond donors (Lipinski definition) is 0. The third kappa shape index (κ3) is 3.72. The molecule has 0 aliphatic carbocycles. The molecule has 1 heterocycles. The van der Waals surface area contributed by atoms with Crippen molar-refractivity contribution >= 4 is 34.8 Å². The molecule has 2 aromatic carbocycles. The lowest BCUT2D eigenvalue weighted by atomic mass is 9.87. The van der Waals surface area contributed by atoms with E-state index in [1.807, 2.05) is 62.4 Å². The van der Waals surface area contributed by atoms with Crippen molar-refractivity contribution in [2.45, 2.75) is 40.0 Å². The minimum Gasteiger partial charge on any atom is -0.268 e. The summed E-state index contributed by atoms with van der Waals surface area (Å²) in [5, 5.41) is 0. The van der Waals surface area contributed by atoms with E-state index in [1.54, 1.807) is 0 Å². The largest absolute Gasteiger partial charge is 0.272 e. The van der Waals surface area contributed by atoms with Crippen molar-refractivity contribution in [1.82, 2.24) is 0 Å². The molecule has 3 rings (SSSR count). The smallest absolute Gasteiger partial charge is 0.268 e. The summed E-state index contributed by atoms with van der Waals surface area (Å²) < 4.78 is 0. The van der Waals surface area contributed by atoms with Crippen molar-refractivity contribution in [3.63, 3.8) is 0 Å². The van der Waals surface area contributed by atoms with E-state index < -0.39 is 0 Å². The van der Waals surface area contributed by atoms with E-state index >= 15 is 0 Å². The van der Waals surface area contributed by atoms with Gasteiger partial charge >= 0.3 is 0 Å². The summed E-state index contributed by atoms with van der Waals surface area (Å²) in [7, 11) is 0. The second kappa shape index (κ2) is 7.35. The molecule has 2 amide bonds. The topological polar surface area (TPSA) is 37.4 Å². The Labute approximate surface area is 165 Å². The van der Waals surface area contributed by atoms with Crippen LogP contribution in [0.1, 0.15) is 44.4 Å². The lowest BCUT2D eigenvalue weighted by Crippen LogP contribution is -2.31. The van der Waals surface area contributed by atoms with Crippen LogP contribution in [-0.2, 0) is 15.0 Å². The van der Waals surface area contributed by atoms with E-state index in [4.69, 9.17) is 0 Å². The second-order valence-corrected chi connectivity index (χ2v) is 9.02. The van der Waals surface area contributed by atoms with Crippen molar-refractivity contribution in [2.24, 2.45) is 0 Å². The zero-order chi connectivity index (χ0) is 19.8. The Hall–Kier alpha value is -2.33. The van der Waals surface area contributed by atoms with Gasteiger partial charge in [-0.1, -0.05) is 69.7 Å². The van der Waals surface area contributed by atoms with Crippen LogP contribution in [0.15, 0.2) is 53.4 Å². The van der Waals surface area contributed by atoms with Crippen LogP contribution in [0.25, 0.3) is 5.57 Å². The number of imide groups is 1. The Morgan fingerprint density at radius 2 is 1.48 bits per heavy atom. The maximum atomic E-state index is 13.2. The summed E-state index contributed by atoms with van der Waals surface area (Å²) in [6.45, 7) is 10.4. The van der Waals surface area contributed by atoms with Gasteiger partial charge < -0.3 is 0 Å². The van der Waals surface area contributed by atoms with Crippen LogP contribution in [0.4, 0.5) is 5.69 Å². The van der Waals surface area contributed by atoms with Crippen LogP contribution < -0.4 is 4.90 Å². The Morgan fingerprint density at radius 1 is 0.889 bits per heavy atom. The van der Waals surface area contributed by atoms with E-state index in [9.17, 15) is 9.59 Å². The molecule has 0 N–H and O–H groups in total. The summed E-state index contributed by atoms with van der Waals surface area (Å²) in [4.78, 5) is 28.1. The van der Waals surface area contributed by atoms with Gasteiger partial charge in [-0.25, -0.2) is 4.90 Å². The molecule has 0 radical (unpaired) electrons. The van der Waals surface area contributed by atoms with Crippen molar-refractivity contribution in [3.8, 4) is 0 Å². The highest BCUT2D eigenvalue weighted by molar-refractivity contribution is 8.04. The van der Waals surface area contributed by atoms with Crippen molar-refractivity contribution in [3.05, 3.63) is 70.1 Å². The van der Waals surface area contributed by atoms with Gasteiger partial charge in [0.25, 0.3) is 11.8 Å². The van der Waals surface area contributed by atoms with Crippen molar-refractivity contribution in [1.29, 1.82) is 0 Å². The predicted octanol–water partition coefficient (Wildman–Crippen LogP) is 5.33. The summed E-state index contributed by atoms with van der Waals surface area (Å²) >= 11 is 1.43. The quantitative estimate of drug-likeness (QED) is 0.674. The van der Waals surface area contributed by atoms with E-state index in [-0.39, 0.29) is 17.2 Å². The first kappa shape index (κ1) is 19.4. The fourth-order valence-corrected chi connectivity index (χ4v) is 3.96. The number of carbonyl (C=O) groups is 2. The molecule has 27 heavy (non-hydrogen) atoms. The molecule has 0 atom stereocenters. The van der Waals surface area contributed by atoms with Gasteiger partial charge in [0.05, 0.1) is 16.2 Å². The number of thioether (sulfide) groups is 1. The average molecular weight is 380 g/mol. The molecule has 4 heteroatoms. The van der Waals surface area contributed by atoms with Crippen molar-refractivity contribution in [2.75, 3.05) is 10.7 Å². The monoisotopic (exact) mass is 379 g/mol. The maximum absolute atomic E-state index is 13.2. The molecule has 3 nitrogen and oxygen atoms in total. The molecular weight excluding hydrogens is 354 g/mol. The Kier molecular flexibility index (Phi) is 5.29. The highest BCUT2D eigenvalue weighted by Gasteiger charge is 2.40. The first-order valence-corrected chi connectivity index (χ1v) is 10.2. The molecule has 0 fully saturated rings. The van der Waals surface area contributed by atoms with Gasteiger partial charge in [-0.2, -0.15) is 0 Å². The van der Waals surface area contributed by atoms with Gasteiger partial charge in [-0.15, -0.1) is 11.8 Å². The fourth-order valence-electron chi connectivity index (χ4n) is 3.11. The third-order valence-electron chi connectivity index (χ3n) is 4.66. The van der Waals surface area contributed by atoms with Crippen LogP contribution in [-0.4, -0.2) is 17.6 Å². The maximum Gasteiger partial charge on any atom is 0.272 e. The van der Waals surface area contributed by atoms with Gasteiger partial charge in [0.2, 0.25) is 0 Å². The number of amides is 2. The van der Waals surface area contributed by atoms with Gasteiger partial charge in [0, 0.05) is 0 Å². The first-order chi connectivity index (χ1) is 12.7. The average Bonchev–Trinajstić information content (AvgIpc) is 2.86. The van der Waals surface area contributed by atoms with Crippen molar-refractivity contribution < 1.29 is 9.59 Å². The fraction of sp³-hybridized carbons (Fsp3) is 0.304. The predicted molar refractivity (Wildman–Crippen MR) is 114 cm³/mol. The normalized spacial score (nSPS) is 15.1. The Bertz CT molecular complexity index is 903. The highest BCUT2D eigenvalue weighted by atomic mass is 32.2. The summed E-state index contributed by atoms with van der Waals surface area (Å²) in [5.41, 5.74) is 4.23. The third-order valence-corrected chi connectivity index (χ3v) is 5.62. The molecular formula is C23H25NO2S. The van der Waals surface area contributed by atoms with Gasteiger partial charge in [-0.3, -0.25) is 9.59 Å². The van der Waals surface area contributed by atoms with Crippen LogP contribution in [0, 0.1) is 6.92 Å². The van der Waals surface area contributed by atoms with Crippen LogP contribution in [0.5, 0.6) is 0 Å². The number of carbonyl (C=O) groups excluding carboxylic acids is 2. The van der Waals surface area contributed by atoms with Crippen LogP contribution in [0.2, 0.25) is 0 Å². The number of anilines is 1. The first-order valence-electron chi connectivity index (χ1n) is 9.17. The minimum absolute atomic E-state index is 0.0199. The van der Waals surface area contributed by atoms with E-state index in [1.165, 1.54) is 22.2 Å². The van der Waals surface area contributed by atoms with Gasteiger partial charge in [-0.05, 0) is 41.4 Å². The molecule has 1 aliphatic rings. The molecule has 2 aromatic rings. The van der Waals surface area contributed by atoms with Crippen LogP contribution in [0.3, 0.4) is 0 Å². The number of benzene rings is 2. The zero-order valence-electron chi connectivity index (χ0n) is 16.5. The molecule has 0 aromatic heterocycles. The standard InChI is InChI=1S/C23H25NO2S/c1-6-27-20-19(16-9-7-15(2)8-10-16)21(25)24(22(20)26)18-13-11-17(12-14-18)23(3,4)5/h7-14H,6H2,1-5H3. The van der Waals surface area contributed by atoms with E-state index in [0.29, 0.717) is 16.2 Å². The summed E-state index contributed by atoms with van der Waals surface area (Å²) in [5.74, 6) is 0.259. The van der Waals surface area contributed by atoms with Crippen LogP contribution >= 0.6 is 11.8 Å². The van der Waals surface area contributed by atoms with Gasteiger partial charge in [0.1, 0.15) is 0 Å². The number of aryl methyl sites for hydroxylation is 1. The lowest BCUT2D eigenvalue weighted by Gasteiger charge is -2.21. The van der Waals surface area contributed by atoms with E-state index in [2.05, 4.69) is 20.8 Å².